The highest BCUT2D eigenvalue weighted by Crippen LogP contribution is 2.27. The van der Waals surface area contributed by atoms with Crippen molar-refractivity contribution in [3.8, 4) is 0 Å². The molecule has 19 heavy (non-hydrogen) atoms. The van der Waals surface area contributed by atoms with Crippen molar-refractivity contribution in [3.05, 3.63) is 48.3 Å². The SMILES string of the molecule is O=C(O)CC(c1ccc2nc[nH]c2c1)c1ncc[nH]1. The van der Waals surface area contributed by atoms with E-state index in [1.54, 1.807) is 18.7 Å². The molecule has 0 spiro atoms. The van der Waals surface area contributed by atoms with Gasteiger partial charge in [-0.25, -0.2) is 9.97 Å². The maximum Gasteiger partial charge on any atom is 0.304 e. The third-order valence-electron chi connectivity index (χ3n) is 3.07. The highest BCUT2D eigenvalue weighted by molar-refractivity contribution is 5.76. The molecule has 3 aromatic rings. The molecule has 1 atom stereocenters. The Labute approximate surface area is 108 Å². The van der Waals surface area contributed by atoms with Crippen LogP contribution < -0.4 is 0 Å². The highest BCUT2D eigenvalue weighted by Gasteiger charge is 2.20. The standard InChI is InChI=1S/C13H12N4O2/c18-12(19)6-9(13-14-3-4-15-13)8-1-2-10-11(5-8)17-7-16-10/h1-5,7,9H,6H2,(H,14,15)(H,16,17)(H,18,19). The number of carboxylic acids is 1. The van der Waals surface area contributed by atoms with E-state index in [1.165, 1.54) is 0 Å². The number of imidazole rings is 2. The number of fused-ring (bicyclic) bond motifs is 1. The van der Waals surface area contributed by atoms with Crippen LogP contribution in [0.1, 0.15) is 23.7 Å². The van der Waals surface area contributed by atoms with Gasteiger partial charge >= 0.3 is 5.97 Å². The molecule has 0 radical (unpaired) electrons. The predicted octanol–water partition coefficient (Wildman–Crippen LogP) is 1.89. The predicted molar refractivity (Wildman–Crippen MR) is 68.8 cm³/mol. The number of hydrogen-bond acceptors (Lipinski definition) is 3. The summed E-state index contributed by atoms with van der Waals surface area (Å²) in [5, 5.41) is 9.06. The van der Waals surface area contributed by atoms with Crippen LogP contribution in [-0.2, 0) is 4.79 Å². The molecule has 0 saturated carbocycles. The van der Waals surface area contributed by atoms with E-state index in [1.807, 2.05) is 18.2 Å². The third-order valence-corrected chi connectivity index (χ3v) is 3.07. The van der Waals surface area contributed by atoms with Gasteiger partial charge < -0.3 is 15.1 Å². The quantitative estimate of drug-likeness (QED) is 0.664. The molecule has 0 fully saturated rings. The molecular weight excluding hydrogens is 244 g/mol. The van der Waals surface area contributed by atoms with Crippen molar-refractivity contribution < 1.29 is 9.90 Å². The van der Waals surface area contributed by atoms with Crippen molar-refractivity contribution in [2.24, 2.45) is 0 Å². The van der Waals surface area contributed by atoms with E-state index in [2.05, 4.69) is 19.9 Å². The summed E-state index contributed by atoms with van der Waals surface area (Å²) in [5.74, 6) is -0.493. The van der Waals surface area contributed by atoms with Crippen molar-refractivity contribution in [3.63, 3.8) is 0 Å². The molecule has 0 aliphatic carbocycles. The van der Waals surface area contributed by atoms with Crippen LogP contribution >= 0.6 is 0 Å². The highest BCUT2D eigenvalue weighted by atomic mass is 16.4. The van der Waals surface area contributed by atoms with Crippen LogP contribution in [0.2, 0.25) is 0 Å². The van der Waals surface area contributed by atoms with Gasteiger partial charge in [0.15, 0.2) is 0 Å². The van der Waals surface area contributed by atoms with E-state index in [9.17, 15) is 4.79 Å². The number of aromatic amines is 2. The minimum atomic E-state index is -0.855. The monoisotopic (exact) mass is 256 g/mol. The maximum absolute atomic E-state index is 11.0. The summed E-state index contributed by atoms with van der Waals surface area (Å²) in [6.07, 6.45) is 4.93. The zero-order valence-electron chi connectivity index (χ0n) is 10.00. The molecule has 96 valence electrons. The van der Waals surface area contributed by atoms with Gasteiger partial charge in [0.2, 0.25) is 0 Å². The Morgan fingerprint density at radius 3 is 2.95 bits per heavy atom. The number of carboxylic acid groups (broad SMARTS) is 1. The number of nitrogens with one attached hydrogen (secondary N) is 2. The molecule has 0 aliphatic heterocycles. The van der Waals surface area contributed by atoms with E-state index < -0.39 is 5.97 Å². The van der Waals surface area contributed by atoms with Crippen LogP contribution in [-0.4, -0.2) is 31.0 Å². The van der Waals surface area contributed by atoms with E-state index in [4.69, 9.17) is 5.11 Å². The smallest absolute Gasteiger partial charge is 0.304 e. The molecule has 6 nitrogen and oxygen atoms in total. The topological polar surface area (TPSA) is 94.7 Å². The number of carbonyl (C=O) groups is 1. The van der Waals surface area contributed by atoms with E-state index >= 15 is 0 Å². The van der Waals surface area contributed by atoms with E-state index in [-0.39, 0.29) is 12.3 Å². The van der Waals surface area contributed by atoms with Gasteiger partial charge in [-0.2, -0.15) is 0 Å². The second kappa shape index (κ2) is 4.56. The van der Waals surface area contributed by atoms with Crippen LogP contribution in [0.25, 0.3) is 11.0 Å². The minimum Gasteiger partial charge on any atom is -0.481 e. The molecule has 0 saturated heterocycles. The van der Waals surface area contributed by atoms with Gasteiger partial charge in [0.05, 0.1) is 29.7 Å². The second-order valence-corrected chi connectivity index (χ2v) is 4.30. The zero-order valence-corrected chi connectivity index (χ0v) is 10.00. The van der Waals surface area contributed by atoms with Crippen molar-refractivity contribution in [2.45, 2.75) is 12.3 Å². The Bertz CT molecular complexity index is 702. The summed E-state index contributed by atoms with van der Waals surface area (Å²) < 4.78 is 0. The fourth-order valence-electron chi connectivity index (χ4n) is 2.19. The van der Waals surface area contributed by atoms with Gasteiger partial charge in [-0.3, -0.25) is 4.79 Å². The lowest BCUT2D eigenvalue weighted by molar-refractivity contribution is -0.137. The van der Waals surface area contributed by atoms with Gasteiger partial charge in [-0.1, -0.05) is 6.07 Å². The molecular formula is C13H12N4O2. The zero-order chi connectivity index (χ0) is 13.2. The average molecular weight is 256 g/mol. The van der Waals surface area contributed by atoms with Gasteiger partial charge in [0, 0.05) is 12.4 Å². The first-order valence-electron chi connectivity index (χ1n) is 5.88. The lowest BCUT2D eigenvalue weighted by Gasteiger charge is -2.12. The first kappa shape index (κ1) is 11.5. The fraction of sp³-hybridized carbons (Fsp3) is 0.154. The first-order chi connectivity index (χ1) is 9.24. The molecule has 6 heteroatoms. The molecule has 2 aromatic heterocycles. The molecule has 0 bridgehead atoms. The Morgan fingerprint density at radius 2 is 2.21 bits per heavy atom. The molecule has 0 aliphatic rings. The van der Waals surface area contributed by atoms with Crippen LogP contribution in [0.4, 0.5) is 0 Å². The lowest BCUT2D eigenvalue weighted by Crippen LogP contribution is -2.09. The van der Waals surface area contributed by atoms with Gasteiger partial charge in [0.25, 0.3) is 0 Å². The maximum atomic E-state index is 11.0. The molecule has 0 amide bonds. The van der Waals surface area contributed by atoms with Crippen LogP contribution in [0.5, 0.6) is 0 Å². The van der Waals surface area contributed by atoms with E-state index in [0.29, 0.717) is 5.82 Å². The Morgan fingerprint density at radius 1 is 1.32 bits per heavy atom. The largest absolute Gasteiger partial charge is 0.481 e. The van der Waals surface area contributed by atoms with Crippen LogP contribution in [0, 0.1) is 0 Å². The summed E-state index contributed by atoms with van der Waals surface area (Å²) in [6.45, 7) is 0. The number of rotatable bonds is 4. The third kappa shape index (κ3) is 2.20. The van der Waals surface area contributed by atoms with Crippen LogP contribution in [0.3, 0.4) is 0 Å². The van der Waals surface area contributed by atoms with Crippen molar-refractivity contribution >= 4 is 17.0 Å². The number of hydrogen-bond donors (Lipinski definition) is 3. The second-order valence-electron chi connectivity index (χ2n) is 4.30. The van der Waals surface area contributed by atoms with Gasteiger partial charge in [0.1, 0.15) is 5.82 Å². The van der Waals surface area contributed by atoms with Gasteiger partial charge in [-0.05, 0) is 17.7 Å². The molecule has 2 heterocycles. The minimum absolute atomic E-state index is 0.00679. The average Bonchev–Trinajstić information content (AvgIpc) is 3.06. The molecule has 1 unspecified atom stereocenters. The molecule has 3 rings (SSSR count). The summed E-state index contributed by atoms with van der Waals surface area (Å²) >= 11 is 0. The Hall–Kier alpha value is -2.63. The van der Waals surface area contributed by atoms with E-state index in [0.717, 1.165) is 16.6 Å². The number of aliphatic carboxylic acids is 1. The van der Waals surface area contributed by atoms with Crippen molar-refractivity contribution in [1.82, 2.24) is 19.9 Å². The summed E-state index contributed by atoms with van der Waals surface area (Å²) in [4.78, 5) is 25.4. The first-order valence-corrected chi connectivity index (χ1v) is 5.88. The number of H-pyrrole nitrogens is 2. The van der Waals surface area contributed by atoms with Crippen molar-refractivity contribution in [2.75, 3.05) is 0 Å². The number of benzene rings is 1. The normalized spacial score (nSPS) is 12.6. The van der Waals surface area contributed by atoms with Gasteiger partial charge in [-0.15, -0.1) is 0 Å². The Balaban J connectivity index is 2.04. The van der Waals surface area contributed by atoms with Crippen LogP contribution in [0.15, 0.2) is 36.9 Å². The lowest BCUT2D eigenvalue weighted by atomic mass is 9.94. The summed E-state index contributed by atoms with van der Waals surface area (Å²) in [5.41, 5.74) is 2.64. The number of aromatic nitrogens is 4. The Kier molecular flexibility index (Phi) is 2.75. The molecule has 1 aromatic carbocycles. The van der Waals surface area contributed by atoms with Crippen molar-refractivity contribution in [1.29, 1.82) is 0 Å². The number of nitrogens with zero attached hydrogens (tertiary/aromatic N) is 2. The molecule has 3 N–H and O–H groups in total. The summed E-state index contributed by atoms with van der Waals surface area (Å²) in [6, 6.07) is 5.68. The fourth-order valence-corrected chi connectivity index (χ4v) is 2.19. The summed E-state index contributed by atoms with van der Waals surface area (Å²) in [7, 11) is 0.